The van der Waals surface area contributed by atoms with Crippen LogP contribution in [0.15, 0.2) is 17.5 Å². The van der Waals surface area contributed by atoms with Gasteiger partial charge in [-0.15, -0.1) is 11.3 Å². The summed E-state index contributed by atoms with van der Waals surface area (Å²) in [6.45, 7) is 4.85. The molecule has 0 spiro atoms. The summed E-state index contributed by atoms with van der Waals surface area (Å²) in [5.41, 5.74) is 0. The van der Waals surface area contributed by atoms with Crippen LogP contribution in [-0.2, 0) is 0 Å². The summed E-state index contributed by atoms with van der Waals surface area (Å²) in [5, 5.41) is 15.7. The summed E-state index contributed by atoms with van der Waals surface area (Å²) >= 11 is 1.83. The average Bonchev–Trinajstić information content (AvgIpc) is 3.01. The molecule has 0 aromatic carbocycles. The van der Waals surface area contributed by atoms with Crippen LogP contribution in [0, 0.1) is 11.8 Å². The molecule has 2 N–H and O–H groups in total. The second-order valence-corrected chi connectivity index (χ2v) is 6.74. The van der Waals surface area contributed by atoms with E-state index in [0.29, 0.717) is 18.5 Å². The summed E-state index contributed by atoms with van der Waals surface area (Å²) in [4.78, 5) is 1.43. The molecule has 1 saturated carbocycles. The molecule has 1 fully saturated rings. The Bertz CT molecular complexity index is 330. The van der Waals surface area contributed by atoms with E-state index in [-0.39, 0.29) is 6.10 Å². The maximum absolute atomic E-state index is 9.96. The van der Waals surface area contributed by atoms with Gasteiger partial charge in [0.2, 0.25) is 0 Å². The van der Waals surface area contributed by atoms with Crippen LogP contribution in [-0.4, -0.2) is 17.8 Å². The van der Waals surface area contributed by atoms with Gasteiger partial charge in [0.1, 0.15) is 0 Å². The molecule has 1 aromatic heterocycles. The van der Waals surface area contributed by atoms with Gasteiger partial charge in [0.05, 0.1) is 6.10 Å². The number of hydrogen-bond acceptors (Lipinski definition) is 3. The highest BCUT2D eigenvalue weighted by Gasteiger charge is 2.27. The van der Waals surface area contributed by atoms with Crippen molar-refractivity contribution in [2.75, 3.05) is 6.54 Å². The first-order valence-electron chi connectivity index (χ1n) is 7.13. The lowest BCUT2D eigenvalue weighted by molar-refractivity contribution is 0.116. The maximum atomic E-state index is 9.96. The molecule has 2 nitrogen and oxygen atoms in total. The quantitative estimate of drug-likeness (QED) is 0.825. The Morgan fingerprint density at radius 2 is 2.11 bits per heavy atom. The molecule has 18 heavy (non-hydrogen) atoms. The van der Waals surface area contributed by atoms with Crippen LogP contribution < -0.4 is 5.32 Å². The smallest absolute Gasteiger partial charge is 0.0687 e. The van der Waals surface area contributed by atoms with E-state index in [4.69, 9.17) is 0 Å². The zero-order valence-electron chi connectivity index (χ0n) is 11.4. The minimum absolute atomic E-state index is 0.242. The summed E-state index contributed by atoms with van der Waals surface area (Å²) in [5.74, 6) is 1.08. The van der Waals surface area contributed by atoms with Crippen LogP contribution in [0.3, 0.4) is 0 Å². The van der Waals surface area contributed by atoms with Crippen molar-refractivity contribution in [1.82, 2.24) is 5.32 Å². The van der Waals surface area contributed by atoms with Crippen molar-refractivity contribution in [1.29, 1.82) is 0 Å². The Kier molecular flexibility index (Phi) is 5.22. The number of hydrogen-bond donors (Lipinski definition) is 2. The van der Waals surface area contributed by atoms with Gasteiger partial charge < -0.3 is 10.4 Å². The molecule has 1 aliphatic carbocycles. The number of nitrogens with one attached hydrogen (secondary N) is 1. The summed E-state index contributed by atoms with van der Waals surface area (Å²) in [6, 6.07) is 4.80. The van der Waals surface area contributed by atoms with Crippen molar-refractivity contribution >= 4 is 11.3 Å². The lowest BCUT2D eigenvalue weighted by Gasteiger charge is -2.26. The van der Waals surface area contributed by atoms with Crippen molar-refractivity contribution in [3.63, 3.8) is 0 Å². The first kappa shape index (κ1) is 14.0. The first-order chi connectivity index (χ1) is 8.68. The van der Waals surface area contributed by atoms with Gasteiger partial charge in [-0.3, -0.25) is 0 Å². The molecule has 2 unspecified atom stereocenters. The van der Waals surface area contributed by atoms with E-state index in [0.717, 1.165) is 5.92 Å². The van der Waals surface area contributed by atoms with Crippen molar-refractivity contribution in [3.8, 4) is 0 Å². The first-order valence-corrected chi connectivity index (χ1v) is 8.01. The van der Waals surface area contributed by atoms with Gasteiger partial charge >= 0.3 is 0 Å². The average molecular weight is 267 g/mol. The van der Waals surface area contributed by atoms with Gasteiger partial charge in [0.15, 0.2) is 0 Å². The molecule has 2 atom stereocenters. The normalized spacial score (nSPS) is 20.4. The summed E-state index contributed by atoms with van der Waals surface area (Å²) in [6.07, 6.45) is 5.14. The molecule has 1 aromatic rings. The molecule has 0 saturated heterocycles. The Balaban J connectivity index is 1.97. The Morgan fingerprint density at radius 3 is 2.67 bits per heavy atom. The van der Waals surface area contributed by atoms with E-state index in [1.165, 1.54) is 30.6 Å². The summed E-state index contributed by atoms with van der Waals surface area (Å²) < 4.78 is 0. The SMILES string of the molecule is CC(C)C(O)CNC(c1cccs1)C1CCCC1. The third kappa shape index (κ3) is 3.56. The minimum Gasteiger partial charge on any atom is -0.392 e. The highest BCUT2D eigenvalue weighted by molar-refractivity contribution is 7.10. The topological polar surface area (TPSA) is 32.3 Å². The zero-order valence-corrected chi connectivity index (χ0v) is 12.2. The monoisotopic (exact) mass is 267 g/mol. The predicted octanol–water partition coefficient (Wildman–Crippen LogP) is 3.59. The van der Waals surface area contributed by atoms with Gasteiger partial charge in [-0.25, -0.2) is 0 Å². The fourth-order valence-electron chi connectivity index (χ4n) is 2.74. The molecule has 0 aliphatic heterocycles. The summed E-state index contributed by atoms with van der Waals surface area (Å²) in [7, 11) is 0. The van der Waals surface area contributed by atoms with Gasteiger partial charge in [-0.05, 0) is 36.1 Å². The van der Waals surface area contributed by atoms with Crippen molar-refractivity contribution in [2.24, 2.45) is 11.8 Å². The second-order valence-electron chi connectivity index (χ2n) is 5.76. The van der Waals surface area contributed by atoms with E-state index in [1.54, 1.807) is 0 Å². The van der Waals surface area contributed by atoms with Gasteiger partial charge in [-0.1, -0.05) is 32.8 Å². The van der Waals surface area contributed by atoms with E-state index < -0.39 is 0 Å². The molecule has 2 rings (SSSR count). The number of rotatable bonds is 6. The zero-order chi connectivity index (χ0) is 13.0. The van der Waals surface area contributed by atoms with Gasteiger partial charge in [-0.2, -0.15) is 0 Å². The molecular formula is C15H25NOS. The van der Waals surface area contributed by atoms with E-state index >= 15 is 0 Å². The van der Waals surface area contributed by atoms with Crippen LogP contribution in [0.1, 0.15) is 50.4 Å². The molecule has 0 bridgehead atoms. The van der Waals surface area contributed by atoms with E-state index in [9.17, 15) is 5.11 Å². The molecule has 1 aliphatic rings. The molecule has 0 amide bonds. The molecule has 102 valence electrons. The van der Waals surface area contributed by atoms with Crippen LogP contribution in [0.25, 0.3) is 0 Å². The van der Waals surface area contributed by atoms with Crippen LogP contribution in [0.5, 0.6) is 0 Å². The van der Waals surface area contributed by atoms with Crippen LogP contribution in [0.4, 0.5) is 0 Å². The number of aliphatic hydroxyl groups excluding tert-OH is 1. The number of aliphatic hydroxyl groups is 1. The Morgan fingerprint density at radius 1 is 1.39 bits per heavy atom. The van der Waals surface area contributed by atoms with E-state index in [2.05, 4.69) is 36.7 Å². The second kappa shape index (κ2) is 6.69. The Labute approximate surface area is 114 Å². The third-order valence-electron chi connectivity index (χ3n) is 4.04. The lowest BCUT2D eigenvalue weighted by Crippen LogP contribution is -2.35. The minimum atomic E-state index is -0.242. The van der Waals surface area contributed by atoms with Crippen molar-refractivity contribution < 1.29 is 5.11 Å². The molecule has 0 radical (unpaired) electrons. The van der Waals surface area contributed by atoms with Crippen LogP contribution >= 0.6 is 11.3 Å². The van der Waals surface area contributed by atoms with E-state index in [1.807, 2.05) is 11.3 Å². The molecule has 3 heteroatoms. The fraction of sp³-hybridized carbons (Fsp3) is 0.733. The number of thiophene rings is 1. The third-order valence-corrected chi connectivity index (χ3v) is 4.99. The fourth-order valence-corrected chi connectivity index (χ4v) is 3.64. The van der Waals surface area contributed by atoms with Crippen molar-refractivity contribution in [2.45, 2.75) is 51.7 Å². The standard InChI is InChI=1S/C15H25NOS/c1-11(2)13(17)10-16-15(12-6-3-4-7-12)14-8-5-9-18-14/h5,8-9,11-13,15-17H,3-4,6-7,10H2,1-2H3. The largest absolute Gasteiger partial charge is 0.392 e. The van der Waals surface area contributed by atoms with Gasteiger partial charge in [0, 0.05) is 17.5 Å². The van der Waals surface area contributed by atoms with Gasteiger partial charge in [0.25, 0.3) is 0 Å². The highest BCUT2D eigenvalue weighted by atomic mass is 32.1. The predicted molar refractivity (Wildman–Crippen MR) is 77.9 cm³/mol. The lowest BCUT2D eigenvalue weighted by atomic mass is 9.96. The highest BCUT2D eigenvalue weighted by Crippen LogP contribution is 2.37. The Hall–Kier alpha value is -0.380. The van der Waals surface area contributed by atoms with Crippen LogP contribution in [0.2, 0.25) is 0 Å². The molecule has 1 heterocycles. The maximum Gasteiger partial charge on any atom is 0.0687 e. The van der Waals surface area contributed by atoms with Crippen molar-refractivity contribution in [3.05, 3.63) is 22.4 Å². The molecular weight excluding hydrogens is 242 g/mol.